The van der Waals surface area contributed by atoms with Crippen molar-refractivity contribution in [3.8, 4) is 0 Å². The molecule has 1 aliphatic heterocycles. The predicted molar refractivity (Wildman–Crippen MR) is 76.1 cm³/mol. The molecule has 1 N–H and O–H groups in total. The lowest BCUT2D eigenvalue weighted by Gasteiger charge is -2.24. The van der Waals surface area contributed by atoms with Gasteiger partial charge in [-0.2, -0.15) is 0 Å². The second kappa shape index (κ2) is 5.67. The molecule has 0 saturated carbocycles. The van der Waals surface area contributed by atoms with Crippen LogP contribution in [-0.2, 0) is 4.74 Å². The van der Waals surface area contributed by atoms with Crippen LogP contribution in [-0.4, -0.2) is 52.5 Å². The van der Waals surface area contributed by atoms with Crippen LogP contribution in [0.3, 0.4) is 0 Å². The SMILES string of the molecule is Cc1nc(N2CCOC[C@@H](O)C2)c2cnc(Cl)c(F)c2n1. The maximum absolute atomic E-state index is 14.1. The molecular weight excluding hydrogens is 299 g/mol. The summed E-state index contributed by atoms with van der Waals surface area (Å²) >= 11 is 5.71. The summed E-state index contributed by atoms with van der Waals surface area (Å²) in [5.74, 6) is 0.302. The zero-order valence-corrected chi connectivity index (χ0v) is 12.1. The minimum Gasteiger partial charge on any atom is -0.389 e. The van der Waals surface area contributed by atoms with Crippen molar-refractivity contribution in [1.29, 1.82) is 0 Å². The summed E-state index contributed by atoms with van der Waals surface area (Å²) in [6.45, 7) is 3.33. The molecule has 112 valence electrons. The molecule has 6 nitrogen and oxygen atoms in total. The predicted octanol–water partition coefficient (Wildman–Crippen LogP) is 1.32. The Balaban J connectivity index is 2.15. The topological polar surface area (TPSA) is 71.4 Å². The number of halogens is 2. The first-order chi connectivity index (χ1) is 10.1. The molecule has 0 bridgehead atoms. The smallest absolute Gasteiger partial charge is 0.186 e. The van der Waals surface area contributed by atoms with Crippen LogP contribution < -0.4 is 4.90 Å². The van der Waals surface area contributed by atoms with Crippen LogP contribution in [0.2, 0.25) is 5.15 Å². The third kappa shape index (κ3) is 2.76. The third-order valence-electron chi connectivity index (χ3n) is 3.28. The molecule has 8 heteroatoms. The molecule has 0 spiro atoms. The Kier molecular flexibility index (Phi) is 3.88. The minimum atomic E-state index is -0.660. The summed E-state index contributed by atoms with van der Waals surface area (Å²) in [7, 11) is 0. The van der Waals surface area contributed by atoms with Crippen LogP contribution >= 0.6 is 11.6 Å². The van der Waals surface area contributed by atoms with E-state index in [2.05, 4.69) is 15.0 Å². The summed E-state index contributed by atoms with van der Waals surface area (Å²) in [4.78, 5) is 14.1. The molecule has 21 heavy (non-hydrogen) atoms. The Bertz CT molecular complexity index is 685. The van der Waals surface area contributed by atoms with E-state index in [1.807, 2.05) is 4.90 Å². The largest absolute Gasteiger partial charge is 0.389 e. The fourth-order valence-electron chi connectivity index (χ4n) is 2.35. The molecule has 3 rings (SSSR count). The van der Waals surface area contributed by atoms with E-state index in [1.165, 1.54) is 6.20 Å². The highest BCUT2D eigenvalue weighted by atomic mass is 35.5. The quantitative estimate of drug-likeness (QED) is 0.801. The Hall–Kier alpha value is -1.57. The highest BCUT2D eigenvalue weighted by molar-refractivity contribution is 6.30. The van der Waals surface area contributed by atoms with Gasteiger partial charge in [0.2, 0.25) is 0 Å². The van der Waals surface area contributed by atoms with Crippen LogP contribution in [0.4, 0.5) is 10.2 Å². The highest BCUT2D eigenvalue weighted by Gasteiger charge is 2.22. The van der Waals surface area contributed by atoms with Crippen molar-refractivity contribution >= 4 is 28.3 Å². The molecule has 0 aliphatic carbocycles. The van der Waals surface area contributed by atoms with Crippen LogP contribution in [0.25, 0.3) is 10.9 Å². The molecule has 0 aromatic carbocycles. The number of fused-ring (bicyclic) bond motifs is 1. The van der Waals surface area contributed by atoms with Gasteiger partial charge in [-0.3, -0.25) is 0 Å². The van der Waals surface area contributed by atoms with Gasteiger partial charge in [-0.05, 0) is 6.92 Å². The summed E-state index contributed by atoms with van der Waals surface area (Å²) in [5, 5.41) is 10.1. The van der Waals surface area contributed by atoms with Gasteiger partial charge in [0.15, 0.2) is 11.0 Å². The Morgan fingerprint density at radius 1 is 1.48 bits per heavy atom. The first kappa shape index (κ1) is 14.4. The van der Waals surface area contributed by atoms with Gasteiger partial charge in [0.05, 0.1) is 24.7 Å². The van der Waals surface area contributed by atoms with E-state index in [0.717, 1.165) is 0 Å². The van der Waals surface area contributed by atoms with Crippen LogP contribution in [0.15, 0.2) is 6.20 Å². The number of pyridine rings is 1. The van der Waals surface area contributed by atoms with Crippen LogP contribution in [0.1, 0.15) is 5.82 Å². The number of aromatic nitrogens is 3. The van der Waals surface area contributed by atoms with Crippen molar-refractivity contribution in [3.63, 3.8) is 0 Å². The number of ether oxygens (including phenoxy) is 1. The first-order valence-corrected chi connectivity index (χ1v) is 6.93. The van der Waals surface area contributed by atoms with Crippen molar-refractivity contribution in [2.24, 2.45) is 0 Å². The van der Waals surface area contributed by atoms with Crippen molar-refractivity contribution in [3.05, 3.63) is 23.0 Å². The van der Waals surface area contributed by atoms with Gasteiger partial charge in [-0.1, -0.05) is 11.6 Å². The number of aryl methyl sites for hydroxylation is 1. The molecule has 0 radical (unpaired) electrons. The summed E-state index contributed by atoms with van der Waals surface area (Å²) in [5.41, 5.74) is 0.136. The molecule has 3 heterocycles. The van der Waals surface area contributed by atoms with Gasteiger partial charge in [0.25, 0.3) is 0 Å². The Morgan fingerprint density at radius 3 is 3.10 bits per heavy atom. The van der Waals surface area contributed by atoms with E-state index in [-0.39, 0.29) is 17.3 Å². The molecule has 1 aliphatic rings. The van der Waals surface area contributed by atoms with E-state index in [0.29, 0.717) is 36.7 Å². The van der Waals surface area contributed by atoms with E-state index in [9.17, 15) is 9.50 Å². The average molecular weight is 313 g/mol. The van der Waals surface area contributed by atoms with E-state index in [1.54, 1.807) is 6.92 Å². The highest BCUT2D eigenvalue weighted by Crippen LogP contribution is 2.28. The average Bonchev–Trinajstić information content (AvgIpc) is 2.67. The second-order valence-electron chi connectivity index (χ2n) is 4.89. The second-order valence-corrected chi connectivity index (χ2v) is 5.25. The standard InChI is InChI=1S/C13H14ClFN4O2/c1-7-17-11-9(4-16-12(14)10(11)15)13(18-7)19-2-3-21-6-8(20)5-19/h4,8,20H,2-3,5-6H2,1H3/t8-/m0/s1. The number of aliphatic hydroxyl groups is 1. The Morgan fingerprint density at radius 2 is 2.29 bits per heavy atom. The number of β-amino-alcohol motifs (C(OH)–C–C–N with tert-alkyl or cyclic N) is 1. The summed E-state index contributed by atoms with van der Waals surface area (Å²) in [6, 6.07) is 0. The van der Waals surface area contributed by atoms with E-state index < -0.39 is 11.9 Å². The van der Waals surface area contributed by atoms with Crippen LogP contribution in [0, 0.1) is 12.7 Å². The molecular formula is C13H14ClFN4O2. The zero-order chi connectivity index (χ0) is 15.0. The number of hydrogen-bond donors (Lipinski definition) is 1. The maximum atomic E-state index is 14.1. The fraction of sp³-hybridized carbons (Fsp3) is 0.462. The number of hydrogen-bond acceptors (Lipinski definition) is 6. The molecule has 2 aromatic rings. The zero-order valence-electron chi connectivity index (χ0n) is 11.4. The molecule has 0 unspecified atom stereocenters. The number of aliphatic hydroxyl groups excluding tert-OH is 1. The van der Waals surface area contributed by atoms with Gasteiger partial charge >= 0.3 is 0 Å². The number of nitrogens with zero attached hydrogens (tertiary/aromatic N) is 4. The van der Waals surface area contributed by atoms with Gasteiger partial charge in [-0.25, -0.2) is 19.3 Å². The number of anilines is 1. The molecule has 2 aromatic heterocycles. The van der Waals surface area contributed by atoms with Gasteiger partial charge in [-0.15, -0.1) is 0 Å². The van der Waals surface area contributed by atoms with Gasteiger partial charge in [0, 0.05) is 19.3 Å². The van der Waals surface area contributed by atoms with E-state index >= 15 is 0 Å². The first-order valence-electron chi connectivity index (χ1n) is 6.55. The van der Waals surface area contributed by atoms with Crippen molar-refractivity contribution in [1.82, 2.24) is 15.0 Å². The normalized spacial score (nSPS) is 19.8. The molecule has 1 saturated heterocycles. The van der Waals surface area contributed by atoms with Gasteiger partial charge < -0.3 is 14.7 Å². The Labute approximate surface area is 125 Å². The minimum absolute atomic E-state index is 0.136. The fourth-order valence-corrected chi connectivity index (χ4v) is 2.49. The number of rotatable bonds is 1. The van der Waals surface area contributed by atoms with Crippen molar-refractivity contribution in [2.45, 2.75) is 13.0 Å². The third-order valence-corrected chi connectivity index (χ3v) is 3.54. The summed E-state index contributed by atoms with van der Waals surface area (Å²) in [6.07, 6.45) is 0.830. The maximum Gasteiger partial charge on any atom is 0.186 e. The monoisotopic (exact) mass is 312 g/mol. The lowest BCUT2D eigenvalue weighted by atomic mass is 10.2. The van der Waals surface area contributed by atoms with Gasteiger partial charge in [0.1, 0.15) is 17.2 Å². The van der Waals surface area contributed by atoms with Crippen LogP contribution in [0.5, 0.6) is 0 Å². The lowest BCUT2D eigenvalue weighted by Crippen LogP contribution is -2.33. The molecule has 0 amide bonds. The lowest BCUT2D eigenvalue weighted by molar-refractivity contribution is 0.0597. The molecule has 1 atom stereocenters. The molecule has 1 fully saturated rings. The van der Waals surface area contributed by atoms with Crippen molar-refractivity contribution < 1.29 is 14.2 Å². The van der Waals surface area contributed by atoms with Crippen molar-refractivity contribution in [2.75, 3.05) is 31.2 Å². The summed E-state index contributed by atoms with van der Waals surface area (Å²) < 4.78 is 19.4. The van der Waals surface area contributed by atoms with E-state index in [4.69, 9.17) is 16.3 Å².